The molecule has 1 aromatic carbocycles. The highest BCUT2D eigenvalue weighted by atomic mass is 16.5. The SMILES string of the molecule is CC.CCCc1ccc(COCCOC)cc1. The van der Waals surface area contributed by atoms with Gasteiger partial charge in [-0.3, -0.25) is 0 Å². The molecule has 0 radical (unpaired) electrons. The molecular weight excluding hydrogens is 212 g/mol. The van der Waals surface area contributed by atoms with Crippen molar-refractivity contribution >= 4 is 0 Å². The molecule has 0 unspecified atom stereocenters. The third kappa shape index (κ3) is 7.94. The van der Waals surface area contributed by atoms with Crippen molar-refractivity contribution in [3.63, 3.8) is 0 Å². The maximum atomic E-state index is 5.43. The highest BCUT2D eigenvalue weighted by Crippen LogP contribution is 2.07. The second-order valence-corrected chi connectivity index (χ2v) is 3.61. The summed E-state index contributed by atoms with van der Waals surface area (Å²) in [6.45, 7) is 8.19. The van der Waals surface area contributed by atoms with Crippen LogP contribution in [-0.4, -0.2) is 20.3 Å². The van der Waals surface area contributed by atoms with Gasteiger partial charge in [0.15, 0.2) is 0 Å². The molecule has 17 heavy (non-hydrogen) atoms. The topological polar surface area (TPSA) is 18.5 Å². The molecule has 1 aromatic rings. The van der Waals surface area contributed by atoms with Crippen LogP contribution in [0, 0.1) is 0 Å². The number of aryl methyl sites for hydroxylation is 1. The van der Waals surface area contributed by atoms with Crippen molar-refractivity contribution < 1.29 is 9.47 Å². The summed E-state index contributed by atoms with van der Waals surface area (Å²) in [7, 11) is 1.68. The fourth-order valence-electron chi connectivity index (χ4n) is 1.42. The zero-order chi connectivity index (χ0) is 12.9. The predicted molar refractivity (Wildman–Crippen MR) is 73.3 cm³/mol. The third-order valence-corrected chi connectivity index (χ3v) is 2.26. The Morgan fingerprint density at radius 2 is 1.53 bits per heavy atom. The van der Waals surface area contributed by atoms with Gasteiger partial charge in [-0.2, -0.15) is 0 Å². The van der Waals surface area contributed by atoms with E-state index >= 15 is 0 Å². The Labute approximate surface area is 106 Å². The Kier molecular flexibility index (Phi) is 11.0. The molecule has 0 amide bonds. The van der Waals surface area contributed by atoms with Crippen molar-refractivity contribution in [1.82, 2.24) is 0 Å². The van der Waals surface area contributed by atoms with E-state index in [-0.39, 0.29) is 0 Å². The molecule has 0 aliphatic heterocycles. The van der Waals surface area contributed by atoms with Crippen LogP contribution in [0.2, 0.25) is 0 Å². The molecule has 0 saturated carbocycles. The molecule has 0 saturated heterocycles. The van der Waals surface area contributed by atoms with E-state index in [1.807, 2.05) is 13.8 Å². The molecule has 0 N–H and O–H groups in total. The maximum absolute atomic E-state index is 5.43. The number of hydrogen-bond donors (Lipinski definition) is 0. The minimum absolute atomic E-state index is 0.660. The molecule has 98 valence electrons. The first-order valence-corrected chi connectivity index (χ1v) is 6.51. The number of ether oxygens (including phenoxy) is 2. The molecular formula is C15H26O2. The minimum Gasteiger partial charge on any atom is -0.382 e. The largest absolute Gasteiger partial charge is 0.382 e. The normalized spacial score (nSPS) is 9.65. The van der Waals surface area contributed by atoms with Crippen LogP contribution in [0.5, 0.6) is 0 Å². The van der Waals surface area contributed by atoms with E-state index in [2.05, 4.69) is 31.2 Å². The minimum atomic E-state index is 0.660. The molecule has 2 heteroatoms. The summed E-state index contributed by atoms with van der Waals surface area (Å²) in [5, 5.41) is 0. The van der Waals surface area contributed by atoms with Crippen molar-refractivity contribution in [2.75, 3.05) is 20.3 Å². The van der Waals surface area contributed by atoms with Crippen LogP contribution in [0.1, 0.15) is 38.3 Å². The van der Waals surface area contributed by atoms with E-state index in [1.54, 1.807) is 7.11 Å². The second kappa shape index (κ2) is 11.6. The monoisotopic (exact) mass is 238 g/mol. The van der Waals surface area contributed by atoms with Crippen LogP contribution in [0.25, 0.3) is 0 Å². The van der Waals surface area contributed by atoms with Crippen molar-refractivity contribution in [1.29, 1.82) is 0 Å². The molecule has 2 nitrogen and oxygen atoms in total. The molecule has 0 aliphatic carbocycles. The van der Waals surface area contributed by atoms with Crippen molar-refractivity contribution in [2.45, 2.75) is 40.2 Å². The highest BCUT2D eigenvalue weighted by Gasteiger charge is 1.94. The van der Waals surface area contributed by atoms with Gasteiger partial charge in [0.05, 0.1) is 19.8 Å². The summed E-state index contributed by atoms with van der Waals surface area (Å²) in [5.41, 5.74) is 2.63. The average molecular weight is 238 g/mol. The first-order valence-electron chi connectivity index (χ1n) is 6.51. The second-order valence-electron chi connectivity index (χ2n) is 3.61. The third-order valence-electron chi connectivity index (χ3n) is 2.26. The molecule has 0 heterocycles. The van der Waals surface area contributed by atoms with E-state index < -0.39 is 0 Å². The van der Waals surface area contributed by atoms with Crippen LogP contribution in [0.3, 0.4) is 0 Å². The van der Waals surface area contributed by atoms with Gasteiger partial charge in [0.2, 0.25) is 0 Å². The Bertz CT molecular complexity index is 254. The number of benzene rings is 1. The van der Waals surface area contributed by atoms with Crippen molar-refractivity contribution in [2.24, 2.45) is 0 Å². The lowest BCUT2D eigenvalue weighted by molar-refractivity contribution is 0.0616. The summed E-state index contributed by atoms with van der Waals surface area (Å²) in [6, 6.07) is 8.63. The maximum Gasteiger partial charge on any atom is 0.0718 e. The number of rotatable bonds is 7. The van der Waals surface area contributed by atoms with Gasteiger partial charge in [-0.15, -0.1) is 0 Å². The molecule has 0 aromatic heterocycles. The fraction of sp³-hybridized carbons (Fsp3) is 0.600. The van der Waals surface area contributed by atoms with Crippen LogP contribution in [0.4, 0.5) is 0 Å². The zero-order valence-electron chi connectivity index (χ0n) is 11.7. The van der Waals surface area contributed by atoms with Gasteiger partial charge in [0, 0.05) is 7.11 Å². The van der Waals surface area contributed by atoms with Gasteiger partial charge in [-0.1, -0.05) is 51.5 Å². The van der Waals surface area contributed by atoms with Crippen molar-refractivity contribution in [3.8, 4) is 0 Å². The van der Waals surface area contributed by atoms with Crippen LogP contribution < -0.4 is 0 Å². The lowest BCUT2D eigenvalue weighted by Crippen LogP contribution is -2.01. The number of methoxy groups -OCH3 is 1. The summed E-state index contributed by atoms with van der Waals surface area (Å²) >= 11 is 0. The van der Waals surface area contributed by atoms with E-state index in [1.165, 1.54) is 17.5 Å². The molecule has 0 bridgehead atoms. The first kappa shape index (κ1) is 16.1. The Morgan fingerprint density at radius 3 is 2.06 bits per heavy atom. The van der Waals surface area contributed by atoms with E-state index in [0.29, 0.717) is 19.8 Å². The number of hydrogen-bond acceptors (Lipinski definition) is 2. The van der Waals surface area contributed by atoms with Gasteiger partial charge < -0.3 is 9.47 Å². The quantitative estimate of drug-likeness (QED) is 0.672. The fourth-order valence-corrected chi connectivity index (χ4v) is 1.42. The van der Waals surface area contributed by atoms with Gasteiger partial charge in [0.1, 0.15) is 0 Å². The van der Waals surface area contributed by atoms with Gasteiger partial charge in [0.25, 0.3) is 0 Å². The summed E-state index contributed by atoms with van der Waals surface area (Å²) in [5.74, 6) is 0. The van der Waals surface area contributed by atoms with Gasteiger partial charge >= 0.3 is 0 Å². The summed E-state index contributed by atoms with van der Waals surface area (Å²) < 4.78 is 10.3. The van der Waals surface area contributed by atoms with E-state index in [4.69, 9.17) is 9.47 Å². The zero-order valence-corrected chi connectivity index (χ0v) is 11.7. The smallest absolute Gasteiger partial charge is 0.0718 e. The molecule has 0 spiro atoms. The van der Waals surface area contributed by atoms with Crippen LogP contribution in [0.15, 0.2) is 24.3 Å². The summed E-state index contributed by atoms with van der Waals surface area (Å²) in [4.78, 5) is 0. The molecule has 0 aliphatic rings. The Balaban J connectivity index is 0.00000121. The van der Waals surface area contributed by atoms with E-state index in [9.17, 15) is 0 Å². The predicted octanol–water partition coefficient (Wildman–Crippen LogP) is 3.83. The van der Waals surface area contributed by atoms with Crippen LogP contribution >= 0.6 is 0 Å². The molecule has 0 fully saturated rings. The first-order chi connectivity index (χ1) is 8.36. The highest BCUT2D eigenvalue weighted by molar-refractivity contribution is 5.22. The lowest BCUT2D eigenvalue weighted by Gasteiger charge is -2.04. The average Bonchev–Trinajstić information content (AvgIpc) is 2.39. The lowest BCUT2D eigenvalue weighted by atomic mass is 10.1. The standard InChI is InChI=1S/C13H20O2.C2H6/c1-3-4-12-5-7-13(8-6-12)11-15-10-9-14-2;1-2/h5-8H,3-4,9-11H2,1-2H3;1-2H3. The van der Waals surface area contributed by atoms with Crippen LogP contribution in [-0.2, 0) is 22.5 Å². The summed E-state index contributed by atoms with van der Waals surface area (Å²) in [6.07, 6.45) is 2.36. The van der Waals surface area contributed by atoms with Crippen molar-refractivity contribution in [3.05, 3.63) is 35.4 Å². The molecule has 1 rings (SSSR count). The molecule has 0 atom stereocenters. The van der Waals surface area contributed by atoms with Gasteiger partial charge in [-0.25, -0.2) is 0 Å². The Morgan fingerprint density at radius 1 is 0.941 bits per heavy atom. The van der Waals surface area contributed by atoms with E-state index in [0.717, 1.165) is 6.42 Å². The van der Waals surface area contributed by atoms with Gasteiger partial charge in [-0.05, 0) is 17.5 Å². The Hall–Kier alpha value is -0.860.